The summed E-state index contributed by atoms with van der Waals surface area (Å²) in [6, 6.07) is 5.39. The first-order valence-corrected chi connectivity index (χ1v) is 11.8. The molecule has 0 N–H and O–H groups in total. The minimum atomic E-state index is -0.539. The minimum Gasteiger partial charge on any atom is -0.465 e. The summed E-state index contributed by atoms with van der Waals surface area (Å²) in [6.45, 7) is 6.71. The van der Waals surface area contributed by atoms with Crippen molar-refractivity contribution >= 4 is 11.8 Å². The molecule has 2 fully saturated rings. The smallest absolute Gasteiger partial charge is 0.285 e. The molecule has 8 nitrogen and oxygen atoms in total. The van der Waals surface area contributed by atoms with E-state index in [1.807, 2.05) is 0 Å². The second-order valence-electron chi connectivity index (χ2n) is 8.35. The van der Waals surface area contributed by atoms with Crippen molar-refractivity contribution in [1.82, 2.24) is 5.06 Å². The Labute approximate surface area is 199 Å². The molecule has 3 heterocycles. The van der Waals surface area contributed by atoms with Gasteiger partial charge in [-0.1, -0.05) is 24.8 Å². The molecular weight excluding hydrogens is 438 g/mol. The lowest BCUT2D eigenvalue weighted by Gasteiger charge is -2.26. The monoisotopic (exact) mass is 469 g/mol. The van der Waals surface area contributed by atoms with Crippen LogP contribution in [0, 0.1) is 0 Å². The Hall–Kier alpha value is -2.94. The van der Waals surface area contributed by atoms with Gasteiger partial charge < -0.3 is 18.9 Å². The molecule has 3 aliphatic heterocycles. The van der Waals surface area contributed by atoms with Gasteiger partial charge in [-0.05, 0) is 50.3 Å². The van der Waals surface area contributed by atoms with E-state index in [4.69, 9.17) is 23.8 Å². The first kappa shape index (κ1) is 24.2. The Kier molecular flexibility index (Phi) is 8.16. The number of rotatable bonds is 9. The Morgan fingerprint density at radius 1 is 0.941 bits per heavy atom. The van der Waals surface area contributed by atoms with E-state index in [1.165, 1.54) is 6.08 Å². The number of imide groups is 1. The average molecular weight is 470 g/mol. The highest BCUT2D eigenvalue weighted by atomic mass is 16.7. The fourth-order valence-electron chi connectivity index (χ4n) is 4.08. The molecule has 3 aliphatic rings. The number of amides is 2. The summed E-state index contributed by atoms with van der Waals surface area (Å²) in [5, 5.41) is 0.773. The van der Waals surface area contributed by atoms with Crippen molar-refractivity contribution in [2.45, 2.75) is 64.6 Å². The lowest BCUT2D eigenvalue weighted by atomic mass is 10.1. The number of hydrogen-bond acceptors (Lipinski definition) is 7. The molecule has 2 saturated heterocycles. The molecule has 0 bridgehead atoms. The molecule has 182 valence electrons. The number of nitrogens with zero attached hydrogens (tertiary/aromatic N) is 1. The van der Waals surface area contributed by atoms with E-state index < -0.39 is 11.8 Å². The molecule has 0 aromatic heterocycles. The molecule has 4 rings (SSSR count). The third-order valence-electron chi connectivity index (χ3n) is 5.77. The highest BCUT2D eigenvalue weighted by Crippen LogP contribution is 2.30. The van der Waals surface area contributed by atoms with E-state index >= 15 is 0 Å². The number of carbonyl (C=O) groups excluding carboxylic acids is 2. The van der Waals surface area contributed by atoms with Crippen molar-refractivity contribution in [1.29, 1.82) is 0 Å². The fourth-order valence-corrected chi connectivity index (χ4v) is 4.08. The maximum Gasteiger partial charge on any atom is 0.285 e. The van der Waals surface area contributed by atoms with Crippen LogP contribution in [0.1, 0.15) is 51.0 Å². The largest absolute Gasteiger partial charge is 0.465 e. The van der Waals surface area contributed by atoms with E-state index in [0.717, 1.165) is 43.6 Å². The van der Waals surface area contributed by atoms with E-state index in [-0.39, 0.29) is 30.3 Å². The first-order valence-electron chi connectivity index (χ1n) is 11.8. The van der Waals surface area contributed by atoms with Crippen LogP contribution in [0.15, 0.2) is 54.2 Å². The van der Waals surface area contributed by atoms with Crippen LogP contribution in [-0.2, 0) is 30.5 Å². The molecule has 8 heteroatoms. The summed E-state index contributed by atoms with van der Waals surface area (Å²) in [5.74, 6) is 0.0751. The molecule has 2 unspecified atom stereocenters. The standard InChI is InChI=1S/C26H31NO7/c1-3-9-22-21(4-2)25(28)27(26(22)29)32-17-18-14-19(33-23-10-5-7-12-30-23)16-20(15-18)34-24-11-6-8-13-31-24/h3-4,9,14-16,23-24H,2,5-8,10-13,17H2,1H3/b9-3-. The van der Waals surface area contributed by atoms with Gasteiger partial charge in [0.1, 0.15) is 18.1 Å². The third kappa shape index (κ3) is 5.75. The second-order valence-corrected chi connectivity index (χ2v) is 8.35. The Bertz CT molecular complexity index is 933. The van der Waals surface area contributed by atoms with E-state index in [9.17, 15) is 9.59 Å². The average Bonchev–Trinajstić information content (AvgIpc) is 3.07. The quantitative estimate of drug-likeness (QED) is 0.497. The third-order valence-corrected chi connectivity index (χ3v) is 5.77. The Morgan fingerprint density at radius 3 is 2.03 bits per heavy atom. The molecule has 1 aromatic rings. The highest BCUT2D eigenvalue weighted by molar-refractivity contribution is 6.21. The Balaban J connectivity index is 1.49. The summed E-state index contributed by atoms with van der Waals surface area (Å²) in [4.78, 5) is 31.0. The number of ether oxygens (including phenoxy) is 4. The maximum atomic E-state index is 12.7. The van der Waals surface area contributed by atoms with E-state index in [1.54, 1.807) is 37.3 Å². The zero-order valence-electron chi connectivity index (χ0n) is 19.5. The van der Waals surface area contributed by atoms with Crippen LogP contribution < -0.4 is 9.47 Å². The van der Waals surface area contributed by atoms with Gasteiger partial charge in [0.2, 0.25) is 0 Å². The minimum absolute atomic E-state index is 0.0321. The van der Waals surface area contributed by atoms with Crippen LogP contribution in [0.5, 0.6) is 11.5 Å². The molecule has 34 heavy (non-hydrogen) atoms. The van der Waals surface area contributed by atoms with Crippen molar-refractivity contribution < 1.29 is 33.4 Å². The van der Waals surface area contributed by atoms with Gasteiger partial charge in [-0.2, -0.15) is 0 Å². The lowest BCUT2D eigenvalue weighted by Crippen LogP contribution is -2.31. The zero-order chi connectivity index (χ0) is 23.9. The van der Waals surface area contributed by atoms with E-state index in [0.29, 0.717) is 30.3 Å². The lowest BCUT2D eigenvalue weighted by molar-refractivity contribution is -0.189. The maximum absolute atomic E-state index is 12.7. The number of benzene rings is 1. The number of carbonyl (C=O) groups is 2. The van der Waals surface area contributed by atoms with Gasteiger partial charge in [0.15, 0.2) is 12.6 Å². The predicted molar refractivity (Wildman–Crippen MR) is 124 cm³/mol. The van der Waals surface area contributed by atoms with Crippen LogP contribution in [0.3, 0.4) is 0 Å². The molecule has 0 saturated carbocycles. The second kappa shape index (κ2) is 11.5. The molecule has 0 spiro atoms. The normalized spacial score (nSPS) is 23.6. The van der Waals surface area contributed by atoms with Crippen LogP contribution in [0.2, 0.25) is 0 Å². The van der Waals surface area contributed by atoms with Crippen LogP contribution in [-0.4, -0.2) is 42.7 Å². The number of allylic oxidation sites excluding steroid dienone is 1. The summed E-state index contributed by atoms with van der Waals surface area (Å²) in [7, 11) is 0. The van der Waals surface area contributed by atoms with Crippen molar-refractivity contribution in [3.63, 3.8) is 0 Å². The number of hydroxylamine groups is 2. The van der Waals surface area contributed by atoms with Gasteiger partial charge in [0.05, 0.1) is 24.4 Å². The zero-order valence-corrected chi connectivity index (χ0v) is 19.5. The van der Waals surface area contributed by atoms with Gasteiger partial charge in [-0.25, -0.2) is 0 Å². The van der Waals surface area contributed by atoms with Crippen LogP contribution in [0.4, 0.5) is 0 Å². The van der Waals surface area contributed by atoms with Gasteiger partial charge in [0, 0.05) is 18.9 Å². The topological polar surface area (TPSA) is 83.5 Å². The highest BCUT2D eigenvalue weighted by Gasteiger charge is 2.37. The molecular formula is C26H31NO7. The summed E-state index contributed by atoms with van der Waals surface area (Å²) in [6.07, 6.45) is 9.73. The van der Waals surface area contributed by atoms with Gasteiger partial charge in [-0.3, -0.25) is 14.4 Å². The molecule has 2 amide bonds. The molecule has 1 aromatic carbocycles. The Morgan fingerprint density at radius 2 is 1.53 bits per heavy atom. The predicted octanol–water partition coefficient (Wildman–Crippen LogP) is 4.36. The van der Waals surface area contributed by atoms with Gasteiger partial charge in [0.25, 0.3) is 11.8 Å². The van der Waals surface area contributed by atoms with Gasteiger partial charge >= 0.3 is 0 Å². The summed E-state index contributed by atoms with van der Waals surface area (Å²) >= 11 is 0. The van der Waals surface area contributed by atoms with Crippen molar-refractivity contribution in [2.24, 2.45) is 0 Å². The summed E-state index contributed by atoms with van der Waals surface area (Å²) in [5.41, 5.74) is 1.15. The first-order chi connectivity index (χ1) is 16.6. The van der Waals surface area contributed by atoms with Crippen molar-refractivity contribution in [3.8, 4) is 11.5 Å². The number of hydrogen-bond donors (Lipinski definition) is 0. The van der Waals surface area contributed by atoms with Crippen molar-refractivity contribution in [2.75, 3.05) is 13.2 Å². The molecule has 0 radical (unpaired) electrons. The van der Waals surface area contributed by atoms with Gasteiger partial charge in [-0.15, -0.1) is 5.06 Å². The van der Waals surface area contributed by atoms with E-state index in [2.05, 4.69) is 6.58 Å². The summed E-state index contributed by atoms with van der Waals surface area (Å²) < 4.78 is 23.5. The fraction of sp³-hybridized carbons (Fsp3) is 0.462. The molecule has 2 atom stereocenters. The SMILES string of the molecule is C=CC1=C(/C=C\C)C(=O)N(OCc2cc(OC3CCCCO3)cc(OC3CCCCO3)c2)C1=O. The van der Waals surface area contributed by atoms with Crippen LogP contribution in [0.25, 0.3) is 0 Å². The van der Waals surface area contributed by atoms with Crippen LogP contribution >= 0.6 is 0 Å². The van der Waals surface area contributed by atoms with Crippen molar-refractivity contribution in [3.05, 3.63) is 59.7 Å². The molecule has 0 aliphatic carbocycles.